The van der Waals surface area contributed by atoms with Gasteiger partial charge in [-0.05, 0) is 24.3 Å². The van der Waals surface area contributed by atoms with E-state index in [1.165, 1.54) is 19.2 Å². The molecule has 0 aromatic heterocycles. The number of halogens is 1. The van der Waals surface area contributed by atoms with Gasteiger partial charge in [-0.2, -0.15) is 0 Å². The largest absolute Gasteiger partial charge is 0.493 e. The van der Waals surface area contributed by atoms with Crippen LogP contribution in [0.2, 0.25) is 0 Å². The first-order valence-electron chi connectivity index (χ1n) is 5.31. The fourth-order valence-electron chi connectivity index (χ4n) is 1.46. The maximum atomic E-state index is 13.1. The van der Waals surface area contributed by atoms with Crippen molar-refractivity contribution in [1.29, 1.82) is 0 Å². The molecule has 0 atom stereocenters. The lowest BCUT2D eigenvalue weighted by Crippen LogP contribution is -2.09. The van der Waals surface area contributed by atoms with Crippen LogP contribution in [-0.4, -0.2) is 13.1 Å². The summed E-state index contributed by atoms with van der Waals surface area (Å²) in [6, 6.07) is 12.2. The Morgan fingerprint density at radius 2 is 1.78 bits per heavy atom. The Kier molecular flexibility index (Phi) is 3.57. The SMILES string of the molecule is COc1ccc(F)cc1OC(=O)c1ccccc1. The van der Waals surface area contributed by atoms with Crippen LogP contribution >= 0.6 is 0 Å². The van der Waals surface area contributed by atoms with Crippen LogP contribution in [0.15, 0.2) is 48.5 Å². The van der Waals surface area contributed by atoms with E-state index in [9.17, 15) is 9.18 Å². The van der Waals surface area contributed by atoms with Crippen molar-refractivity contribution in [2.24, 2.45) is 0 Å². The predicted octanol–water partition coefficient (Wildman–Crippen LogP) is 3.05. The minimum Gasteiger partial charge on any atom is -0.493 e. The summed E-state index contributed by atoms with van der Waals surface area (Å²) in [5, 5.41) is 0. The van der Waals surface area contributed by atoms with Gasteiger partial charge in [0.05, 0.1) is 12.7 Å². The Hall–Kier alpha value is -2.36. The fourth-order valence-corrected chi connectivity index (χ4v) is 1.46. The third kappa shape index (κ3) is 2.66. The van der Waals surface area contributed by atoms with Crippen molar-refractivity contribution < 1.29 is 18.7 Å². The number of methoxy groups -OCH3 is 1. The van der Waals surface area contributed by atoms with E-state index in [1.54, 1.807) is 30.3 Å². The van der Waals surface area contributed by atoms with Gasteiger partial charge in [0.2, 0.25) is 0 Å². The van der Waals surface area contributed by atoms with Crippen LogP contribution in [0.3, 0.4) is 0 Å². The molecule has 0 radical (unpaired) electrons. The molecule has 92 valence electrons. The van der Waals surface area contributed by atoms with E-state index in [0.717, 1.165) is 6.07 Å². The summed E-state index contributed by atoms with van der Waals surface area (Å²) >= 11 is 0. The van der Waals surface area contributed by atoms with Gasteiger partial charge in [-0.1, -0.05) is 18.2 Å². The molecule has 0 bridgehead atoms. The van der Waals surface area contributed by atoms with Crippen LogP contribution in [0.4, 0.5) is 4.39 Å². The smallest absolute Gasteiger partial charge is 0.343 e. The summed E-state index contributed by atoms with van der Waals surface area (Å²) in [5.41, 5.74) is 0.392. The van der Waals surface area contributed by atoms with E-state index in [2.05, 4.69) is 0 Å². The minimum absolute atomic E-state index is 0.0614. The molecule has 2 rings (SSSR count). The highest BCUT2D eigenvalue weighted by Crippen LogP contribution is 2.28. The second-order valence-corrected chi connectivity index (χ2v) is 3.55. The highest BCUT2D eigenvalue weighted by Gasteiger charge is 2.12. The molecular formula is C14H11FO3. The lowest BCUT2D eigenvalue weighted by Gasteiger charge is -2.08. The standard InChI is InChI=1S/C14H11FO3/c1-17-12-8-7-11(15)9-13(12)18-14(16)10-5-3-2-4-6-10/h2-9H,1H3. The third-order valence-electron chi connectivity index (χ3n) is 2.34. The van der Waals surface area contributed by atoms with E-state index >= 15 is 0 Å². The molecule has 0 aliphatic heterocycles. The number of hydrogen-bond acceptors (Lipinski definition) is 3. The number of rotatable bonds is 3. The molecule has 0 spiro atoms. The molecule has 4 heteroatoms. The summed E-state index contributed by atoms with van der Waals surface area (Å²) in [6.07, 6.45) is 0. The summed E-state index contributed by atoms with van der Waals surface area (Å²) < 4.78 is 23.2. The maximum Gasteiger partial charge on any atom is 0.343 e. The number of esters is 1. The zero-order valence-corrected chi connectivity index (χ0v) is 9.72. The molecule has 0 heterocycles. The highest BCUT2D eigenvalue weighted by atomic mass is 19.1. The Morgan fingerprint density at radius 1 is 1.06 bits per heavy atom. The molecule has 0 unspecified atom stereocenters. The first kappa shape index (κ1) is 12.1. The second kappa shape index (κ2) is 5.31. The van der Waals surface area contributed by atoms with Gasteiger partial charge in [-0.3, -0.25) is 0 Å². The third-order valence-corrected chi connectivity index (χ3v) is 2.34. The minimum atomic E-state index is -0.556. The first-order valence-corrected chi connectivity index (χ1v) is 5.31. The van der Waals surface area contributed by atoms with Crippen LogP contribution in [0.1, 0.15) is 10.4 Å². The van der Waals surface area contributed by atoms with Crippen molar-refractivity contribution in [2.45, 2.75) is 0 Å². The number of hydrogen-bond donors (Lipinski definition) is 0. The van der Waals surface area contributed by atoms with E-state index < -0.39 is 11.8 Å². The van der Waals surface area contributed by atoms with Crippen molar-refractivity contribution in [3.63, 3.8) is 0 Å². The molecule has 2 aromatic carbocycles. The molecule has 0 N–H and O–H groups in total. The topological polar surface area (TPSA) is 35.5 Å². The normalized spacial score (nSPS) is 9.89. The molecule has 0 aliphatic carbocycles. The van der Waals surface area contributed by atoms with Crippen LogP contribution in [0.5, 0.6) is 11.5 Å². The van der Waals surface area contributed by atoms with Crippen molar-refractivity contribution in [3.05, 3.63) is 59.9 Å². The Balaban J connectivity index is 2.24. The predicted molar refractivity (Wildman–Crippen MR) is 64.4 cm³/mol. The monoisotopic (exact) mass is 246 g/mol. The van der Waals surface area contributed by atoms with Crippen molar-refractivity contribution in [3.8, 4) is 11.5 Å². The van der Waals surface area contributed by atoms with Gasteiger partial charge in [0.25, 0.3) is 0 Å². The molecule has 0 amide bonds. The fraction of sp³-hybridized carbons (Fsp3) is 0.0714. The molecule has 0 fully saturated rings. The number of carbonyl (C=O) groups is 1. The van der Waals surface area contributed by atoms with Gasteiger partial charge < -0.3 is 9.47 Å². The molecule has 2 aromatic rings. The summed E-state index contributed by atoms with van der Waals surface area (Å²) in [4.78, 5) is 11.8. The molecule has 0 aliphatic rings. The van der Waals surface area contributed by atoms with E-state index in [0.29, 0.717) is 11.3 Å². The Morgan fingerprint density at radius 3 is 2.44 bits per heavy atom. The average molecular weight is 246 g/mol. The molecule has 18 heavy (non-hydrogen) atoms. The zero-order valence-electron chi connectivity index (χ0n) is 9.72. The molecule has 0 saturated carbocycles. The van der Waals surface area contributed by atoms with Crippen molar-refractivity contribution in [2.75, 3.05) is 7.11 Å². The van der Waals surface area contributed by atoms with Gasteiger partial charge in [-0.15, -0.1) is 0 Å². The second-order valence-electron chi connectivity index (χ2n) is 3.55. The van der Waals surface area contributed by atoms with Crippen LogP contribution in [-0.2, 0) is 0 Å². The van der Waals surface area contributed by atoms with Gasteiger partial charge in [0.1, 0.15) is 5.82 Å². The average Bonchev–Trinajstić information content (AvgIpc) is 2.40. The quantitative estimate of drug-likeness (QED) is 0.616. The number of carbonyl (C=O) groups excluding carboxylic acids is 1. The zero-order chi connectivity index (χ0) is 13.0. The lowest BCUT2D eigenvalue weighted by atomic mass is 10.2. The van der Waals surface area contributed by atoms with Gasteiger partial charge in [0, 0.05) is 6.07 Å². The Bertz CT molecular complexity index is 552. The summed E-state index contributed by atoms with van der Waals surface area (Å²) in [6.45, 7) is 0. The molecule has 3 nitrogen and oxygen atoms in total. The maximum absolute atomic E-state index is 13.1. The van der Waals surface area contributed by atoms with Gasteiger partial charge in [-0.25, -0.2) is 9.18 Å². The summed E-state index contributed by atoms with van der Waals surface area (Å²) in [5.74, 6) is -0.682. The first-order chi connectivity index (χ1) is 8.70. The van der Waals surface area contributed by atoms with Gasteiger partial charge >= 0.3 is 5.97 Å². The van der Waals surface area contributed by atoms with E-state index in [4.69, 9.17) is 9.47 Å². The number of ether oxygens (including phenoxy) is 2. The van der Waals surface area contributed by atoms with E-state index in [-0.39, 0.29) is 5.75 Å². The Labute approximate surface area is 104 Å². The summed E-state index contributed by atoms with van der Waals surface area (Å²) in [7, 11) is 1.42. The van der Waals surface area contributed by atoms with E-state index in [1.807, 2.05) is 0 Å². The lowest BCUT2D eigenvalue weighted by molar-refractivity contribution is 0.0729. The van der Waals surface area contributed by atoms with Crippen molar-refractivity contribution >= 4 is 5.97 Å². The molecule has 0 saturated heterocycles. The number of benzene rings is 2. The van der Waals surface area contributed by atoms with Crippen LogP contribution in [0, 0.1) is 5.82 Å². The highest BCUT2D eigenvalue weighted by molar-refractivity contribution is 5.91. The van der Waals surface area contributed by atoms with Crippen molar-refractivity contribution in [1.82, 2.24) is 0 Å². The van der Waals surface area contributed by atoms with Crippen LogP contribution < -0.4 is 9.47 Å². The van der Waals surface area contributed by atoms with Crippen LogP contribution in [0.25, 0.3) is 0 Å². The molecular weight excluding hydrogens is 235 g/mol. The van der Waals surface area contributed by atoms with Gasteiger partial charge in [0.15, 0.2) is 11.5 Å².